The predicted molar refractivity (Wildman–Crippen MR) is 71.6 cm³/mol. The van der Waals surface area contributed by atoms with E-state index < -0.39 is 0 Å². The van der Waals surface area contributed by atoms with Crippen molar-refractivity contribution >= 4 is 17.4 Å². The Morgan fingerprint density at radius 2 is 1.75 bits per heavy atom. The highest BCUT2D eigenvalue weighted by Crippen LogP contribution is 2.13. The number of hydrogen-bond donors (Lipinski definition) is 1. The van der Waals surface area contributed by atoms with E-state index in [2.05, 4.69) is 26.1 Å². The van der Waals surface area contributed by atoms with Crippen molar-refractivity contribution in [2.24, 2.45) is 5.92 Å². The van der Waals surface area contributed by atoms with Gasteiger partial charge >= 0.3 is 0 Å². The average molecular weight is 241 g/mol. The molecule has 1 nitrogen and oxygen atoms in total. The van der Waals surface area contributed by atoms with Crippen molar-refractivity contribution in [1.29, 1.82) is 0 Å². The molecule has 3 heteroatoms. The zero-order chi connectivity index (χ0) is 12.0. The molecule has 1 unspecified atom stereocenters. The molecule has 0 aromatic heterocycles. The van der Waals surface area contributed by atoms with Crippen molar-refractivity contribution in [1.82, 2.24) is 0 Å². The minimum atomic E-state index is -0.188. The molecule has 1 rings (SSSR count). The summed E-state index contributed by atoms with van der Waals surface area (Å²) in [6.07, 6.45) is 0. The number of thioether (sulfide) groups is 1. The molecule has 0 aliphatic heterocycles. The van der Waals surface area contributed by atoms with Crippen LogP contribution < -0.4 is 5.32 Å². The molecule has 1 aromatic carbocycles. The monoisotopic (exact) mass is 241 g/mol. The summed E-state index contributed by atoms with van der Waals surface area (Å²) in [4.78, 5) is 0. The molecular weight excluding hydrogens is 221 g/mol. The fourth-order valence-corrected chi connectivity index (χ4v) is 2.40. The fourth-order valence-electron chi connectivity index (χ4n) is 1.35. The normalized spacial score (nSPS) is 12.8. The predicted octanol–water partition coefficient (Wildman–Crippen LogP) is 4.02. The van der Waals surface area contributed by atoms with Crippen molar-refractivity contribution in [3.63, 3.8) is 0 Å². The second-order valence-electron chi connectivity index (χ2n) is 4.48. The lowest BCUT2D eigenvalue weighted by molar-refractivity contribution is 0.628. The van der Waals surface area contributed by atoms with Gasteiger partial charge in [0, 0.05) is 17.5 Å². The summed E-state index contributed by atoms with van der Waals surface area (Å²) in [5.74, 6) is 2.82. The highest BCUT2D eigenvalue weighted by molar-refractivity contribution is 7.99. The van der Waals surface area contributed by atoms with Gasteiger partial charge < -0.3 is 5.32 Å². The third kappa shape index (κ3) is 5.40. The summed E-state index contributed by atoms with van der Waals surface area (Å²) in [5.41, 5.74) is 0.985. The van der Waals surface area contributed by atoms with Gasteiger partial charge in [-0.3, -0.25) is 0 Å². The van der Waals surface area contributed by atoms with Crippen molar-refractivity contribution in [3.05, 3.63) is 30.1 Å². The molecule has 1 N–H and O–H groups in total. The van der Waals surface area contributed by atoms with Gasteiger partial charge in [0.15, 0.2) is 0 Å². The first-order valence-electron chi connectivity index (χ1n) is 5.67. The standard InChI is InChI=1S/C13H20FNS/c1-10(2)8-16-9-11(3)15-13-6-4-12(14)5-7-13/h4-7,10-11,15H,8-9H2,1-3H3. The quantitative estimate of drug-likeness (QED) is 0.807. The third-order valence-corrected chi connectivity index (χ3v) is 3.71. The summed E-state index contributed by atoms with van der Waals surface area (Å²) < 4.78 is 12.7. The van der Waals surface area contributed by atoms with E-state index in [9.17, 15) is 4.39 Å². The molecule has 1 aromatic rings. The van der Waals surface area contributed by atoms with Crippen molar-refractivity contribution in [3.8, 4) is 0 Å². The van der Waals surface area contributed by atoms with Crippen LogP contribution in [0.5, 0.6) is 0 Å². The van der Waals surface area contributed by atoms with Gasteiger partial charge in [-0.1, -0.05) is 13.8 Å². The molecule has 0 amide bonds. The molecular formula is C13H20FNS. The molecule has 1 atom stereocenters. The summed E-state index contributed by atoms with van der Waals surface area (Å²) >= 11 is 1.96. The number of hydrogen-bond acceptors (Lipinski definition) is 2. The maximum Gasteiger partial charge on any atom is 0.123 e. The van der Waals surface area contributed by atoms with Gasteiger partial charge in [0.25, 0.3) is 0 Å². The average Bonchev–Trinajstić information content (AvgIpc) is 2.21. The molecule has 0 bridgehead atoms. The van der Waals surface area contributed by atoms with Gasteiger partial charge in [-0.25, -0.2) is 4.39 Å². The molecule has 0 spiro atoms. The van der Waals surface area contributed by atoms with Crippen LogP contribution in [0.2, 0.25) is 0 Å². The minimum absolute atomic E-state index is 0.188. The van der Waals surface area contributed by atoms with Gasteiger partial charge in [0.05, 0.1) is 0 Å². The Morgan fingerprint density at radius 1 is 1.12 bits per heavy atom. The fraction of sp³-hybridized carbons (Fsp3) is 0.538. The number of rotatable bonds is 6. The molecule has 0 aliphatic carbocycles. The van der Waals surface area contributed by atoms with Crippen LogP contribution in [0.15, 0.2) is 24.3 Å². The van der Waals surface area contributed by atoms with E-state index in [0.717, 1.165) is 17.4 Å². The van der Waals surface area contributed by atoms with E-state index in [1.807, 2.05) is 11.8 Å². The second-order valence-corrected chi connectivity index (χ2v) is 5.56. The Morgan fingerprint density at radius 3 is 2.31 bits per heavy atom. The van der Waals surface area contributed by atoms with Crippen LogP contribution >= 0.6 is 11.8 Å². The Hall–Kier alpha value is -0.700. The minimum Gasteiger partial charge on any atom is -0.382 e. The summed E-state index contributed by atoms with van der Waals surface area (Å²) in [5, 5.41) is 3.36. The van der Waals surface area contributed by atoms with Crippen molar-refractivity contribution in [2.45, 2.75) is 26.8 Å². The Balaban J connectivity index is 2.28. The third-order valence-electron chi connectivity index (χ3n) is 2.08. The van der Waals surface area contributed by atoms with Crippen LogP contribution in [0.4, 0.5) is 10.1 Å². The maximum atomic E-state index is 12.7. The maximum absolute atomic E-state index is 12.7. The van der Waals surface area contributed by atoms with Gasteiger partial charge in [0.2, 0.25) is 0 Å². The Bertz CT molecular complexity index is 297. The topological polar surface area (TPSA) is 12.0 Å². The SMILES string of the molecule is CC(C)CSCC(C)Nc1ccc(F)cc1. The lowest BCUT2D eigenvalue weighted by Crippen LogP contribution is -2.18. The van der Waals surface area contributed by atoms with E-state index >= 15 is 0 Å². The van der Waals surface area contributed by atoms with Gasteiger partial charge in [-0.05, 0) is 42.9 Å². The van der Waals surface area contributed by atoms with E-state index in [1.54, 1.807) is 12.1 Å². The first kappa shape index (κ1) is 13.4. The van der Waals surface area contributed by atoms with Crippen molar-refractivity contribution < 1.29 is 4.39 Å². The Kier molecular flexibility index (Phi) is 5.67. The highest BCUT2D eigenvalue weighted by atomic mass is 32.2. The molecule has 0 aliphatic rings. The largest absolute Gasteiger partial charge is 0.382 e. The van der Waals surface area contributed by atoms with Crippen LogP contribution in [0, 0.1) is 11.7 Å². The van der Waals surface area contributed by atoms with E-state index in [1.165, 1.54) is 17.9 Å². The highest BCUT2D eigenvalue weighted by Gasteiger charge is 2.03. The van der Waals surface area contributed by atoms with Gasteiger partial charge in [-0.15, -0.1) is 0 Å². The zero-order valence-electron chi connectivity index (χ0n) is 10.2. The first-order valence-corrected chi connectivity index (χ1v) is 6.83. The lowest BCUT2D eigenvalue weighted by atomic mass is 10.3. The first-order chi connectivity index (χ1) is 7.58. The van der Waals surface area contributed by atoms with Gasteiger partial charge in [-0.2, -0.15) is 11.8 Å². The molecule has 90 valence electrons. The summed E-state index contributed by atoms with van der Waals surface area (Å²) in [6.45, 7) is 6.60. The smallest absolute Gasteiger partial charge is 0.123 e. The molecule has 16 heavy (non-hydrogen) atoms. The molecule has 0 saturated carbocycles. The zero-order valence-corrected chi connectivity index (χ0v) is 11.0. The van der Waals surface area contributed by atoms with Crippen LogP contribution in [0.25, 0.3) is 0 Å². The molecule has 0 fully saturated rings. The number of nitrogens with one attached hydrogen (secondary N) is 1. The lowest BCUT2D eigenvalue weighted by Gasteiger charge is -2.15. The van der Waals surface area contributed by atoms with Crippen LogP contribution in [0.1, 0.15) is 20.8 Å². The van der Waals surface area contributed by atoms with Crippen LogP contribution in [0.3, 0.4) is 0 Å². The van der Waals surface area contributed by atoms with E-state index in [0.29, 0.717) is 6.04 Å². The van der Waals surface area contributed by atoms with Gasteiger partial charge in [0.1, 0.15) is 5.82 Å². The molecule has 0 radical (unpaired) electrons. The second kappa shape index (κ2) is 6.79. The van der Waals surface area contributed by atoms with Crippen LogP contribution in [-0.4, -0.2) is 17.5 Å². The summed E-state index contributed by atoms with van der Waals surface area (Å²) in [7, 11) is 0. The van der Waals surface area contributed by atoms with E-state index in [4.69, 9.17) is 0 Å². The number of benzene rings is 1. The number of halogens is 1. The number of anilines is 1. The van der Waals surface area contributed by atoms with Crippen molar-refractivity contribution in [2.75, 3.05) is 16.8 Å². The van der Waals surface area contributed by atoms with Crippen LogP contribution in [-0.2, 0) is 0 Å². The molecule has 0 saturated heterocycles. The Labute approximate surface area is 102 Å². The summed E-state index contributed by atoms with van der Waals surface area (Å²) in [6, 6.07) is 6.93. The molecule has 0 heterocycles. The van der Waals surface area contributed by atoms with E-state index in [-0.39, 0.29) is 5.82 Å².